The van der Waals surface area contributed by atoms with Crippen LogP contribution >= 0.6 is 0 Å². The van der Waals surface area contributed by atoms with E-state index >= 15 is 0 Å². The molecule has 1 fully saturated rings. The number of nitrogens with two attached hydrogens (primary N) is 1. The Morgan fingerprint density at radius 1 is 1.36 bits per heavy atom. The molecule has 1 saturated heterocycles. The molecule has 0 aromatic heterocycles. The van der Waals surface area contributed by atoms with Gasteiger partial charge in [0, 0.05) is 19.7 Å². The van der Waals surface area contributed by atoms with Crippen molar-refractivity contribution in [1.82, 2.24) is 4.90 Å². The van der Waals surface area contributed by atoms with Crippen LogP contribution in [-0.4, -0.2) is 42.5 Å². The summed E-state index contributed by atoms with van der Waals surface area (Å²) in [6.45, 7) is 0.940. The maximum atomic E-state index is 12.5. The van der Waals surface area contributed by atoms with Crippen molar-refractivity contribution >= 4 is 17.9 Å². The highest BCUT2D eigenvalue weighted by Crippen LogP contribution is 2.33. The maximum Gasteiger partial charge on any atom is 0.247 e. The van der Waals surface area contributed by atoms with Gasteiger partial charge in [-0.2, -0.15) is 0 Å². The molecule has 0 bridgehead atoms. The topological polar surface area (TPSA) is 72.6 Å². The molecule has 118 valence electrons. The van der Waals surface area contributed by atoms with E-state index < -0.39 is 11.4 Å². The molecule has 0 radical (unpaired) electrons. The Balaban J connectivity index is 2.15. The van der Waals surface area contributed by atoms with Gasteiger partial charge in [-0.05, 0) is 24.5 Å². The van der Waals surface area contributed by atoms with Gasteiger partial charge in [0.05, 0.1) is 18.6 Å². The number of hydrogen-bond acceptors (Lipinski definition) is 3. The summed E-state index contributed by atoms with van der Waals surface area (Å²) in [5.74, 6) is -0.525. The summed E-state index contributed by atoms with van der Waals surface area (Å²) in [6.07, 6.45) is 5.04. The average molecular weight is 302 g/mol. The molecule has 1 heterocycles. The average Bonchev–Trinajstić information content (AvgIpc) is 2.89. The quantitative estimate of drug-likeness (QED) is 0.811. The van der Waals surface area contributed by atoms with E-state index in [2.05, 4.69) is 0 Å². The number of primary amides is 1. The van der Waals surface area contributed by atoms with Gasteiger partial charge >= 0.3 is 0 Å². The molecule has 2 N–H and O–H groups in total. The molecule has 0 unspecified atom stereocenters. The molecule has 1 aromatic rings. The van der Waals surface area contributed by atoms with E-state index in [0.717, 1.165) is 18.4 Å². The van der Waals surface area contributed by atoms with Gasteiger partial charge < -0.3 is 15.4 Å². The molecular weight excluding hydrogens is 280 g/mol. The van der Waals surface area contributed by atoms with Crippen molar-refractivity contribution in [2.75, 3.05) is 20.3 Å². The van der Waals surface area contributed by atoms with Crippen molar-refractivity contribution in [1.29, 1.82) is 0 Å². The normalized spacial score (nSPS) is 21.4. The first kappa shape index (κ1) is 16.2. The number of ether oxygens (including phenoxy) is 1. The van der Waals surface area contributed by atoms with Crippen molar-refractivity contribution in [3.63, 3.8) is 0 Å². The van der Waals surface area contributed by atoms with Gasteiger partial charge in [0.15, 0.2) is 0 Å². The van der Waals surface area contributed by atoms with E-state index in [-0.39, 0.29) is 12.3 Å². The van der Waals surface area contributed by atoms with Crippen LogP contribution in [-0.2, 0) is 14.3 Å². The third-order valence-corrected chi connectivity index (χ3v) is 4.00. The Bertz CT molecular complexity index is 556. The van der Waals surface area contributed by atoms with Gasteiger partial charge in [-0.15, -0.1) is 0 Å². The molecule has 22 heavy (non-hydrogen) atoms. The van der Waals surface area contributed by atoms with E-state index in [4.69, 9.17) is 10.5 Å². The van der Waals surface area contributed by atoms with Crippen molar-refractivity contribution < 1.29 is 14.3 Å². The number of benzene rings is 1. The lowest BCUT2D eigenvalue weighted by atomic mass is 9.92. The van der Waals surface area contributed by atoms with Crippen molar-refractivity contribution in [3.8, 4) is 0 Å². The van der Waals surface area contributed by atoms with Crippen LogP contribution in [0.5, 0.6) is 0 Å². The van der Waals surface area contributed by atoms with Crippen LogP contribution in [0.1, 0.15) is 24.8 Å². The molecule has 5 heteroatoms. The van der Waals surface area contributed by atoms with E-state index in [1.807, 2.05) is 30.3 Å². The van der Waals surface area contributed by atoms with Crippen molar-refractivity contribution in [2.45, 2.75) is 24.8 Å². The Labute approximate surface area is 130 Å². The summed E-state index contributed by atoms with van der Waals surface area (Å²) in [4.78, 5) is 25.6. The van der Waals surface area contributed by atoms with Crippen LogP contribution in [0.15, 0.2) is 36.4 Å². The summed E-state index contributed by atoms with van der Waals surface area (Å²) in [5, 5.41) is 0. The second-order valence-electron chi connectivity index (χ2n) is 5.64. The number of methoxy groups -OCH3 is 1. The van der Waals surface area contributed by atoms with Crippen molar-refractivity contribution in [2.24, 2.45) is 5.73 Å². The zero-order valence-electron chi connectivity index (χ0n) is 12.8. The van der Waals surface area contributed by atoms with Gasteiger partial charge in [-0.3, -0.25) is 9.59 Å². The van der Waals surface area contributed by atoms with Gasteiger partial charge in [-0.25, -0.2) is 0 Å². The van der Waals surface area contributed by atoms with E-state index in [0.29, 0.717) is 13.2 Å². The SMILES string of the molecule is COC[C@]1(CC(N)=O)CCCN1C(=O)/C=C/c1ccccc1. The molecule has 0 saturated carbocycles. The second-order valence-corrected chi connectivity index (χ2v) is 5.64. The van der Waals surface area contributed by atoms with Crippen LogP contribution in [0.4, 0.5) is 0 Å². The van der Waals surface area contributed by atoms with Crippen LogP contribution in [0.2, 0.25) is 0 Å². The molecule has 5 nitrogen and oxygen atoms in total. The number of hydrogen-bond donors (Lipinski definition) is 1. The number of nitrogens with zero attached hydrogens (tertiary/aromatic N) is 1. The van der Waals surface area contributed by atoms with E-state index in [1.54, 1.807) is 24.2 Å². The maximum absolute atomic E-state index is 12.5. The fourth-order valence-corrected chi connectivity index (χ4v) is 3.08. The Morgan fingerprint density at radius 3 is 2.73 bits per heavy atom. The van der Waals surface area contributed by atoms with Crippen LogP contribution < -0.4 is 5.73 Å². The Morgan fingerprint density at radius 2 is 2.09 bits per heavy atom. The predicted octanol–water partition coefficient (Wildman–Crippen LogP) is 1.58. The van der Waals surface area contributed by atoms with Crippen molar-refractivity contribution in [3.05, 3.63) is 42.0 Å². The van der Waals surface area contributed by atoms with E-state index in [9.17, 15) is 9.59 Å². The van der Waals surface area contributed by atoms with Crippen LogP contribution in [0.3, 0.4) is 0 Å². The molecule has 1 aliphatic heterocycles. The summed E-state index contributed by atoms with van der Waals surface area (Å²) in [5.41, 5.74) is 5.71. The minimum absolute atomic E-state index is 0.111. The lowest BCUT2D eigenvalue weighted by Crippen LogP contribution is -2.52. The molecule has 1 aromatic carbocycles. The molecule has 2 rings (SSSR count). The molecule has 0 spiro atoms. The molecular formula is C17H22N2O3. The predicted molar refractivity (Wildman–Crippen MR) is 84.8 cm³/mol. The number of carbonyl (C=O) groups is 2. The first-order chi connectivity index (χ1) is 10.6. The molecule has 1 aliphatic rings. The largest absolute Gasteiger partial charge is 0.382 e. The highest BCUT2D eigenvalue weighted by atomic mass is 16.5. The first-order valence-corrected chi connectivity index (χ1v) is 7.39. The lowest BCUT2D eigenvalue weighted by molar-refractivity contribution is -0.134. The zero-order valence-corrected chi connectivity index (χ0v) is 12.8. The fourth-order valence-electron chi connectivity index (χ4n) is 3.08. The number of rotatable bonds is 6. The molecule has 0 aliphatic carbocycles. The standard InChI is InChI=1S/C17H22N2O3/c1-22-13-17(12-15(18)20)10-5-11-19(17)16(21)9-8-14-6-3-2-4-7-14/h2-4,6-9H,5,10-13H2,1H3,(H2,18,20)/b9-8+/t17-/m1/s1. The van der Waals surface area contributed by atoms with E-state index in [1.165, 1.54) is 0 Å². The number of amides is 2. The summed E-state index contributed by atoms with van der Waals surface area (Å²) in [6, 6.07) is 9.62. The van der Waals surface area contributed by atoms with Gasteiger partial charge in [0.1, 0.15) is 0 Å². The zero-order chi connectivity index (χ0) is 16.0. The third kappa shape index (κ3) is 3.74. The summed E-state index contributed by atoms with van der Waals surface area (Å²) < 4.78 is 5.25. The van der Waals surface area contributed by atoms with Gasteiger partial charge in [0.2, 0.25) is 11.8 Å². The van der Waals surface area contributed by atoms with Gasteiger partial charge in [0.25, 0.3) is 0 Å². The summed E-state index contributed by atoms with van der Waals surface area (Å²) >= 11 is 0. The summed E-state index contributed by atoms with van der Waals surface area (Å²) in [7, 11) is 1.57. The van der Waals surface area contributed by atoms with Crippen LogP contribution in [0.25, 0.3) is 6.08 Å². The Kier molecular flexibility index (Phi) is 5.33. The number of carbonyl (C=O) groups excluding carboxylic acids is 2. The lowest BCUT2D eigenvalue weighted by Gasteiger charge is -2.36. The smallest absolute Gasteiger partial charge is 0.247 e. The minimum Gasteiger partial charge on any atom is -0.382 e. The fraction of sp³-hybridized carbons (Fsp3) is 0.412. The molecule has 2 amide bonds. The molecule has 1 atom stereocenters. The minimum atomic E-state index is -0.612. The monoisotopic (exact) mass is 302 g/mol. The highest BCUT2D eigenvalue weighted by molar-refractivity contribution is 5.93. The van der Waals surface area contributed by atoms with Gasteiger partial charge in [-0.1, -0.05) is 30.3 Å². The highest BCUT2D eigenvalue weighted by Gasteiger charge is 2.44. The second kappa shape index (κ2) is 7.22. The number of likely N-dealkylation sites (tertiary alicyclic amines) is 1. The third-order valence-electron chi connectivity index (χ3n) is 4.00. The van der Waals surface area contributed by atoms with Crippen LogP contribution in [0, 0.1) is 0 Å². The Hall–Kier alpha value is -2.14. The first-order valence-electron chi connectivity index (χ1n) is 7.39.